The Hall–Kier alpha value is -1.71. The summed E-state index contributed by atoms with van der Waals surface area (Å²) in [7, 11) is 0. The maximum atomic E-state index is 13.9. The predicted molar refractivity (Wildman–Crippen MR) is 60.6 cm³/mol. The predicted octanol–water partition coefficient (Wildman–Crippen LogP) is 3.08. The molecule has 0 spiro atoms. The second-order valence-electron chi connectivity index (χ2n) is 4.39. The quantitative estimate of drug-likeness (QED) is 0.741. The van der Waals surface area contributed by atoms with Gasteiger partial charge in [0.25, 0.3) is 0 Å². The molecule has 0 atom stereocenters. The standard InChI is InChI=1S/C13H12F2N2/c1-8-4-5-9(13(15)12(8)14)10-7-16-17-6-2-3-11(10)17/h4-5,7H,2-3,6H2,1H3. The Morgan fingerprint density at radius 1 is 1.18 bits per heavy atom. The first-order chi connectivity index (χ1) is 8.18. The van der Waals surface area contributed by atoms with Gasteiger partial charge in [0.05, 0.1) is 6.20 Å². The second-order valence-corrected chi connectivity index (χ2v) is 4.39. The normalized spacial score (nSPS) is 14.1. The Morgan fingerprint density at radius 2 is 2.00 bits per heavy atom. The minimum Gasteiger partial charge on any atom is -0.269 e. The van der Waals surface area contributed by atoms with Gasteiger partial charge in [-0.3, -0.25) is 4.68 Å². The summed E-state index contributed by atoms with van der Waals surface area (Å²) in [6.07, 6.45) is 3.53. The van der Waals surface area contributed by atoms with Gasteiger partial charge in [0, 0.05) is 23.4 Å². The first-order valence-corrected chi connectivity index (χ1v) is 5.68. The van der Waals surface area contributed by atoms with Gasteiger partial charge in [-0.05, 0) is 25.3 Å². The number of aryl methyl sites for hydroxylation is 2. The van der Waals surface area contributed by atoms with Crippen molar-refractivity contribution in [2.24, 2.45) is 0 Å². The number of rotatable bonds is 1. The summed E-state index contributed by atoms with van der Waals surface area (Å²) in [4.78, 5) is 0. The molecule has 88 valence electrons. The maximum absolute atomic E-state index is 13.9. The van der Waals surface area contributed by atoms with Crippen molar-refractivity contribution < 1.29 is 8.78 Å². The highest BCUT2D eigenvalue weighted by atomic mass is 19.2. The Kier molecular flexibility index (Phi) is 2.24. The maximum Gasteiger partial charge on any atom is 0.167 e. The number of aromatic nitrogens is 2. The Bertz CT molecular complexity index is 587. The Balaban J connectivity index is 2.19. The SMILES string of the molecule is Cc1ccc(-c2cnn3c2CCC3)c(F)c1F. The third-order valence-electron chi connectivity index (χ3n) is 3.30. The highest BCUT2D eigenvalue weighted by Crippen LogP contribution is 2.31. The van der Waals surface area contributed by atoms with Crippen molar-refractivity contribution >= 4 is 0 Å². The zero-order valence-corrected chi connectivity index (χ0v) is 9.50. The zero-order chi connectivity index (χ0) is 12.0. The van der Waals surface area contributed by atoms with E-state index in [9.17, 15) is 8.78 Å². The van der Waals surface area contributed by atoms with Crippen LogP contribution in [0.1, 0.15) is 17.7 Å². The molecule has 0 fully saturated rings. The summed E-state index contributed by atoms with van der Waals surface area (Å²) >= 11 is 0. The van der Waals surface area contributed by atoms with Crippen LogP contribution in [0.4, 0.5) is 8.78 Å². The molecule has 2 aromatic rings. The van der Waals surface area contributed by atoms with E-state index in [2.05, 4.69) is 5.10 Å². The summed E-state index contributed by atoms with van der Waals surface area (Å²) in [6.45, 7) is 2.43. The molecule has 1 aromatic heterocycles. The summed E-state index contributed by atoms with van der Waals surface area (Å²) in [5.74, 6) is -1.53. The van der Waals surface area contributed by atoms with Gasteiger partial charge < -0.3 is 0 Å². The van der Waals surface area contributed by atoms with Gasteiger partial charge in [-0.1, -0.05) is 12.1 Å². The number of halogens is 2. The average Bonchev–Trinajstić information content (AvgIpc) is 2.89. The minimum absolute atomic E-state index is 0.316. The van der Waals surface area contributed by atoms with Gasteiger partial charge in [-0.15, -0.1) is 0 Å². The fourth-order valence-electron chi connectivity index (χ4n) is 2.34. The molecule has 0 aliphatic carbocycles. The molecule has 1 aliphatic heterocycles. The molecule has 1 aliphatic rings. The van der Waals surface area contributed by atoms with Crippen molar-refractivity contribution in [3.05, 3.63) is 41.2 Å². The van der Waals surface area contributed by atoms with E-state index in [0.717, 1.165) is 30.6 Å². The molecule has 0 unspecified atom stereocenters. The van der Waals surface area contributed by atoms with Crippen LogP contribution in [-0.2, 0) is 13.0 Å². The lowest BCUT2D eigenvalue weighted by Gasteiger charge is -2.05. The fourth-order valence-corrected chi connectivity index (χ4v) is 2.34. The summed E-state index contributed by atoms with van der Waals surface area (Å²) in [6, 6.07) is 3.23. The van der Waals surface area contributed by atoms with E-state index < -0.39 is 11.6 Å². The van der Waals surface area contributed by atoms with Gasteiger partial charge in [0.2, 0.25) is 0 Å². The molecule has 1 aromatic carbocycles. The van der Waals surface area contributed by atoms with Gasteiger partial charge in [-0.2, -0.15) is 5.10 Å². The molecule has 17 heavy (non-hydrogen) atoms. The number of hydrogen-bond donors (Lipinski definition) is 0. The number of nitrogens with zero attached hydrogens (tertiary/aromatic N) is 2. The third kappa shape index (κ3) is 1.47. The first kappa shape index (κ1) is 10.4. The van der Waals surface area contributed by atoms with Crippen molar-refractivity contribution in [2.45, 2.75) is 26.3 Å². The highest BCUT2D eigenvalue weighted by Gasteiger charge is 2.21. The molecule has 0 radical (unpaired) electrons. The van der Waals surface area contributed by atoms with Crippen LogP contribution in [0, 0.1) is 18.6 Å². The smallest absolute Gasteiger partial charge is 0.167 e. The number of hydrogen-bond acceptors (Lipinski definition) is 1. The van der Waals surface area contributed by atoms with Crippen LogP contribution < -0.4 is 0 Å². The van der Waals surface area contributed by atoms with E-state index in [1.165, 1.54) is 0 Å². The zero-order valence-electron chi connectivity index (χ0n) is 9.50. The van der Waals surface area contributed by atoms with Gasteiger partial charge >= 0.3 is 0 Å². The molecule has 0 amide bonds. The molecule has 2 heterocycles. The van der Waals surface area contributed by atoms with E-state index >= 15 is 0 Å². The molecule has 3 rings (SSSR count). The van der Waals surface area contributed by atoms with Crippen LogP contribution >= 0.6 is 0 Å². The lowest BCUT2D eigenvalue weighted by atomic mass is 10.0. The van der Waals surface area contributed by atoms with E-state index in [4.69, 9.17) is 0 Å². The molecule has 0 bridgehead atoms. The third-order valence-corrected chi connectivity index (χ3v) is 3.30. The molecular formula is C13H12F2N2. The van der Waals surface area contributed by atoms with Gasteiger partial charge in [-0.25, -0.2) is 8.78 Å². The van der Waals surface area contributed by atoms with Gasteiger partial charge in [0.15, 0.2) is 11.6 Å². The average molecular weight is 234 g/mol. The lowest BCUT2D eigenvalue weighted by Crippen LogP contribution is -1.95. The summed E-state index contributed by atoms with van der Waals surface area (Å²) < 4.78 is 29.3. The van der Waals surface area contributed by atoms with Crippen LogP contribution in [0.15, 0.2) is 18.3 Å². The van der Waals surface area contributed by atoms with E-state index in [0.29, 0.717) is 11.1 Å². The van der Waals surface area contributed by atoms with Crippen LogP contribution in [-0.4, -0.2) is 9.78 Å². The monoisotopic (exact) mass is 234 g/mol. The van der Waals surface area contributed by atoms with Crippen molar-refractivity contribution in [1.29, 1.82) is 0 Å². The number of benzene rings is 1. The van der Waals surface area contributed by atoms with Crippen molar-refractivity contribution in [1.82, 2.24) is 9.78 Å². The van der Waals surface area contributed by atoms with Crippen LogP contribution in [0.5, 0.6) is 0 Å². The second kappa shape index (κ2) is 3.65. The number of fused-ring (bicyclic) bond motifs is 1. The van der Waals surface area contributed by atoms with Crippen LogP contribution in [0.25, 0.3) is 11.1 Å². The van der Waals surface area contributed by atoms with Crippen molar-refractivity contribution in [3.8, 4) is 11.1 Å². The van der Waals surface area contributed by atoms with Gasteiger partial charge in [0.1, 0.15) is 0 Å². The van der Waals surface area contributed by atoms with E-state index in [1.54, 1.807) is 25.3 Å². The van der Waals surface area contributed by atoms with Crippen LogP contribution in [0.3, 0.4) is 0 Å². The van der Waals surface area contributed by atoms with Crippen LogP contribution in [0.2, 0.25) is 0 Å². The fraction of sp³-hybridized carbons (Fsp3) is 0.308. The summed E-state index contributed by atoms with van der Waals surface area (Å²) in [5, 5.41) is 4.19. The lowest BCUT2D eigenvalue weighted by molar-refractivity contribution is 0.505. The highest BCUT2D eigenvalue weighted by molar-refractivity contribution is 5.67. The van der Waals surface area contributed by atoms with Crippen molar-refractivity contribution in [2.75, 3.05) is 0 Å². The summed E-state index contributed by atoms with van der Waals surface area (Å²) in [5.41, 5.74) is 2.37. The minimum atomic E-state index is -0.771. The first-order valence-electron chi connectivity index (χ1n) is 5.68. The molecule has 0 N–H and O–H groups in total. The van der Waals surface area contributed by atoms with Crippen molar-refractivity contribution in [3.63, 3.8) is 0 Å². The Morgan fingerprint density at radius 3 is 2.82 bits per heavy atom. The molecule has 0 saturated heterocycles. The Labute approximate surface area is 97.9 Å². The topological polar surface area (TPSA) is 17.8 Å². The molecule has 4 heteroatoms. The largest absolute Gasteiger partial charge is 0.269 e. The van der Waals surface area contributed by atoms with E-state index in [-0.39, 0.29) is 0 Å². The van der Waals surface area contributed by atoms with E-state index in [1.807, 2.05) is 4.68 Å². The molecule has 0 saturated carbocycles. The molecule has 2 nitrogen and oxygen atoms in total. The molecular weight excluding hydrogens is 222 g/mol.